The van der Waals surface area contributed by atoms with Gasteiger partial charge in [0.25, 0.3) is 0 Å². The number of benzene rings is 1. The third-order valence-electron chi connectivity index (χ3n) is 2.37. The van der Waals surface area contributed by atoms with Crippen LogP contribution in [0.3, 0.4) is 0 Å². The van der Waals surface area contributed by atoms with Crippen molar-refractivity contribution in [2.75, 3.05) is 5.88 Å². The van der Waals surface area contributed by atoms with E-state index in [1.54, 1.807) is 0 Å². The molecule has 2 nitrogen and oxygen atoms in total. The van der Waals surface area contributed by atoms with E-state index in [0.717, 1.165) is 29.0 Å². The Bertz CT molecular complexity index is 436. The van der Waals surface area contributed by atoms with E-state index >= 15 is 0 Å². The van der Waals surface area contributed by atoms with Crippen molar-refractivity contribution in [1.29, 1.82) is 0 Å². The zero-order valence-corrected chi connectivity index (χ0v) is 9.29. The summed E-state index contributed by atoms with van der Waals surface area (Å²) < 4.78 is 5.33. The summed E-state index contributed by atoms with van der Waals surface area (Å²) in [5.41, 5.74) is 3.09. The minimum absolute atomic E-state index is 0.585. The molecule has 0 bridgehead atoms. The van der Waals surface area contributed by atoms with Crippen molar-refractivity contribution in [3.05, 3.63) is 41.6 Å². The van der Waals surface area contributed by atoms with E-state index in [4.69, 9.17) is 16.1 Å². The van der Waals surface area contributed by atoms with Crippen LogP contribution in [0.4, 0.5) is 0 Å². The third-order valence-corrected chi connectivity index (χ3v) is 2.55. The van der Waals surface area contributed by atoms with Crippen molar-refractivity contribution in [3.8, 4) is 11.3 Å². The standard InChI is InChI=1S/C12H12ClNO/c1-9-11(7-8-13)12(15-14-9)10-5-3-2-4-6-10/h2-6H,7-8H2,1H3. The molecule has 0 atom stereocenters. The van der Waals surface area contributed by atoms with Gasteiger partial charge in [-0.2, -0.15) is 0 Å². The highest BCUT2D eigenvalue weighted by Crippen LogP contribution is 2.26. The molecule has 0 aliphatic rings. The Balaban J connectivity index is 2.44. The van der Waals surface area contributed by atoms with E-state index < -0.39 is 0 Å². The van der Waals surface area contributed by atoms with E-state index in [1.807, 2.05) is 37.3 Å². The lowest BCUT2D eigenvalue weighted by atomic mass is 10.1. The summed E-state index contributed by atoms with van der Waals surface area (Å²) in [5, 5.41) is 3.98. The van der Waals surface area contributed by atoms with Crippen LogP contribution < -0.4 is 0 Å². The van der Waals surface area contributed by atoms with Crippen LogP contribution in [0.1, 0.15) is 11.3 Å². The number of hydrogen-bond donors (Lipinski definition) is 0. The zero-order chi connectivity index (χ0) is 10.7. The molecule has 0 radical (unpaired) electrons. The van der Waals surface area contributed by atoms with Crippen molar-refractivity contribution < 1.29 is 4.52 Å². The molecular formula is C12H12ClNO. The van der Waals surface area contributed by atoms with E-state index in [0.29, 0.717) is 5.88 Å². The van der Waals surface area contributed by atoms with Gasteiger partial charge in [-0.05, 0) is 13.3 Å². The maximum Gasteiger partial charge on any atom is 0.170 e. The van der Waals surface area contributed by atoms with Crippen molar-refractivity contribution in [1.82, 2.24) is 5.16 Å². The summed E-state index contributed by atoms with van der Waals surface area (Å²) in [7, 11) is 0. The SMILES string of the molecule is Cc1noc(-c2ccccc2)c1CCCl. The van der Waals surface area contributed by atoms with Crippen LogP contribution in [0.2, 0.25) is 0 Å². The topological polar surface area (TPSA) is 26.0 Å². The molecule has 1 aromatic carbocycles. The van der Waals surface area contributed by atoms with Gasteiger partial charge in [-0.15, -0.1) is 11.6 Å². The number of rotatable bonds is 3. The summed E-state index contributed by atoms with van der Waals surface area (Å²) in [6.07, 6.45) is 0.793. The molecule has 0 fully saturated rings. The predicted molar refractivity (Wildman–Crippen MR) is 61.1 cm³/mol. The van der Waals surface area contributed by atoms with Crippen molar-refractivity contribution in [2.24, 2.45) is 0 Å². The van der Waals surface area contributed by atoms with Gasteiger partial charge in [0.1, 0.15) is 0 Å². The summed E-state index contributed by atoms with van der Waals surface area (Å²) >= 11 is 5.75. The molecule has 0 aliphatic carbocycles. The lowest BCUT2D eigenvalue weighted by Gasteiger charge is -1.99. The van der Waals surface area contributed by atoms with Crippen molar-refractivity contribution >= 4 is 11.6 Å². The van der Waals surface area contributed by atoms with Gasteiger partial charge in [-0.25, -0.2) is 0 Å². The van der Waals surface area contributed by atoms with Gasteiger partial charge in [0, 0.05) is 17.0 Å². The highest BCUT2D eigenvalue weighted by molar-refractivity contribution is 6.18. The Morgan fingerprint density at radius 2 is 2.00 bits per heavy atom. The first-order chi connectivity index (χ1) is 7.33. The average molecular weight is 222 g/mol. The van der Waals surface area contributed by atoms with Crippen LogP contribution in [0, 0.1) is 6.92 Å². The molecule has 0 N–H and O–H groups in total. The van der Waals surface area contributed by atoms with Crippen LogP contribution in [-0.2, 0) is 6.42 Å². The molecule has 1 aromatic heterocycles. The molecule has 0 amide bonds. The normalized spacial score (nSPS) is 10.5. The highest BCUT2D eigenvalue weighted by Gasteiger charge is 2.13. The summed E-state index contributed by atoms with van der Waals surface area (Å²) in [4.78, 5) is 0. The second-order valence-electron chi connectivity index (χ2n) is 3.38. The number of aromatic nitrogens is 1. The first kappa shape index (κ1) is 10.2. The average Bonchev–Trinajstić information content (AvgIpc) is 2.63. The van der Waals surface area contributed by atoms with Crippen LogP contribution >= 0.6 is 11.6 Å². The number of halogens is 1. The lowest BCUT2D eigenvalue weighted by molar-refractivity contribution is 0.426. The van der Waals surface area contributed by atoms with Gasteiger partial charge in [-0.3, -0.25) is 0 Å². The number of hydrogen-bond acceptors (Lipinski definition) is 2. The zero-order valence-electron chi connectivity index (χ0n) is 8.53. The second-order valence-corrected chi connectivity index (χ2v) is 3.76. The molecule has 2 rings (SSSR count). The minimum atomic E-state index is 0.585. The molecule has 0 saturated heterocycles. The number of aryl methyl sites for hydroxylation is 1. The Kier molecular flexibility index (Phi) is 3.07. The molecule has 0 unspecified atom stereocenters. The van der Waals surface area contributed by atoms with Gasteiger partial charge in [0.2, 0.25) is 0 Å². The predicted octanol–water partition coefficient (Wildman–Crippen LogP) is 3.43. The van der Waals surface area contributed by atoms with E-state index in [1.165, 1.54) is 0 Å². The van der Waals surface area contributed by atoms with Gasteiger partial charge in [0.15, 0.2) is 5.76 Å². The summed E-state index contributed by atoms with van der Waals surface area (Å²) in [6.45, 7) is 1.94. The molecule has 78 valence electrons. The molecule has 2 aromatic rings. The fourth-order valence-corrected chi connectivity index (χ4v) is 1.78. The van der Waals surface area contributed by atoms with Gasteiger partial charge in [-0.1, -0.05) is 35.5 Å². The first-order valence-corrected chi connectivity index (χ1v) is 5.43. The second kappa shape index (κ2) is 4.49. The smallest absolute Gasteiger partial charge is 0.170 e. The maximum atomic E-state index is 5.75. The summed E-state index contributed by atoms with van der Waals surface area (Å²) in [6, 6.07) is 9.97. The molecule has 0 saturated carbocycles. The molecule has 0 aliphatic heterocycles. The van der Waals surface area contributed by atoms with Crippen LogP contribution in [0.15, 0.2) is 34.9 Å². The maximum absolute atomic E-state index is 5.75. The Morgan fingerprint density at radius 3 is 2.67 bits per heavy atom. The third kappa shape index (κ3) is 2.05. The first-order valence-electron chi connectivity index (χ1n) is 4.89. The summed E-state index contributed by atoms with van der Waals surface area (Å²) in [5.74, 6) is 1.43. The van der Waals surface area contributed by atoms with Gasteiger partial charge in [0.05, 0.1) is 5.69 Å². The largest absolute Gasteiger partial charge is 0.356 e. The monoisotopic (exact) mass is 221 g/mol. The number of alkyl halides is 1. The van der Waals surface area contributed by atoms with E-state index in [9.17, 15) is 0 Å². The van der Waals surface area contributed by atoms with Crippen LogP contribution in [0.25, 0.3) is 11.3 Å². The highest BCUT2D eigenvalue weighted by atomic mass is 35.5. The van der Waals surface area contributed by atoms with Crippen molar-refractivity contribution in [2.45, 2.75) is 13.3 Å². The van der Waals surface area contributed by atoms with Gasteiger partial charge >= 0.3 is 0 Å². The van der Waals surface area contributed by atoms with Crippen LogP contribution in [-0.4, -0.2) is 11.0 Å². The Hall–Kier alpha value is -1.28. The van der Waals surface area contributed by atoms with E-state index in [-0.39, 0.29) is 0 Å². The lowest BCUT2D eigenvalue weighted by Crippen LogP contribution is -1.89. The van der Waals surface area contributed by atoms with Crippen molar-refractivity contribution in [3.63, 3.8) is 0 Å². The minimum Gasteiger partial charge on any atom is -0.356 e. The molecule has 1 heterocycles. The fraction of sp³-hybridized carbons (Fsp3) is 0.250. The molecule has 15 heavy (non-hydrogen) atoms. The Morgan fingerprint density at radius 1 is 1.27 bits per heavy atom. The quantitative estimate of drug-likeness (QED) is 0.743. The number of nitrogens with zero attached hydrogens (tertiary/aromatic N) is 1. The fourth-order valence-electron chi connectivity index (χ4n) is 1.59. The molecule has 3 heteroatoms. The van der Waals surface area contributed by atoms with E-state index in [2.05, 4.69) is 5.16 Å². The Labute approximate surface area is 93.9 Å². The molecule has 0 spiro atoms. The van der Waals surface area contributed by atoms with Gasteiger partial charge < -0.3 is 4.52 Å². The molecular weight excluding hydrogens is 210 g/mol. The van der Waals surface area contributed by atoms with Crippen LogP contribution in [0.5, 0.6) is 0 Å².